The predicted octanol–water partition coefficient (Wildman–Crippen LogP) is 3.74. The second kappa shape index (κ2) is 7.24. The SMILES string of the molecule is C/C=C1\CN2CCc3c([nH]c4ccccc34)[C@@H]2C[C@@H]1/C(=C\OC)C(=O)OC. The molecule has 1 saturated heterocycles. The summed E-state index contributed by atoms with van der Waals surface area (Å²) in [6, 6.07) is 8.77. The summed E-state index contributed by atoms with van der Waals surface area (Å²) in [4.78, 5) is 18.6. The molecule has 0 unspecified atom stereocenters. The van der Waals surface area contributed by atoms with Crippen LogP contribution < -0.4 is 0 Å². The number of hydrogen-bond acceptors (Lipinski definition) is 4. The van der Waals surface area contributed by atoms with Gasteiger partial charge < -0.3 is 14.5 Å². The van der Waals surface area contributed by atoms with Gasteiger partial charge in [-0.1, -0.05) is 29.8 Å². The number of hydrogen-bond donors (Lipinski definition) is 1. The Morgan fingerprint density at radius 1 is 1.30 bits per heavy atom. The van der Waals surface area contributed by atoms with Gasteiger partial charge in [0.2, 0.25) is 0 Å². The van der Waals surface area contributed by atoms with Gasteiger partial charge in [0.25, 0.3) is 0 Å². The van der Waals surface area contributed by atoms with Crippen LogP contribution in [0.2, 0.25) is 0 Å². The standard InChI is InChI=1S/C22H26N2O3/c1-4-14-12-24-10-9-16-15-7-5-6-8-19(15)23-21(16)20(24)11-17(14)18(13-26-2)22(25)27-3/h4-8,13,17,20,23H,9-12H2,1-3H3/b14-4+,18-13+/t17-,20-/m0/s1. The zero-order chi connectivity index (χ0) is 19.0. The summed E-state index contributed by atoms with van der Waals surface area (Å²) in [6.07, 6.45) is 5.57. The number of para-hydroxylation sites is 1. The second-order valence-electron chi connectivity index (χ2n) is 7.25. The van der Waals surface area contributed by atoms with Crippen LogP contribution in [0.1, 0.15) is 30.6 Å². The summed E-state index contributed by atoms with van der Waals surface area (Å²) in [5.74, 6) is -0.316. The van der Waals surface area contributed by atoms with E-state index in [0.717, 1.165) is 25.9 Å². The Balaban J connectivity index is 1.75. The molecule has 27 heavy (non-hydrogen) atoms. The Bertz CT molecular complexity index is 925. The van der Waals surface area contributed by atoms with E-state index < -0.39 is 0 Å². The molecule has 0 bridgehead atoms. The molecule has 5 nitrogen and oxygen atoms in total. The largest absolute Gasteiger partial charge is 0.504 e. The number of rotatable bonds is 3. The number of nitrogens with one attached hydrogen (secondary N) is 1. The molecule has 2 atom stereocenters. The minimum atomic E-state index is -0.317. The first kappa shape index (κ1) is 17.9. The van der Waals surface area contributed by atoms with E-state index in [1.54, 1.807) is 13.4 Å². The quantitative estimate of drug-likeness (QED) is 0.389. The van der Waals surface area contributed by atoms with Gasteiger partial charge in [0.1, 0.15) is 0 Å². The Morgan fingerprint density at radius 3 is 2.85 bits per heavy atom. The summed E-state index contributed by atoms with van der Waals surface area (Å²) >= 11 is 0. The number of carbonyl (C=O) groups excluding carboxylic acids is 1. The number of methoxy groups -OCH3 is 2. The third-order valence-electron chi connectivity index (χ3n) is 5.97. The molecule has 3 heterocycles. The lowest BCUT2D eigenvalue weighted by Gasteiger charge is -2.44. The van der Waals surface area contributed by atoms with E-state index in [1.807, 2.05) is 6.92 Å². The van der Waals surface area contributed by atoms with Crippen LogP contribution in [-0.4, -0.2) is 43.2 Å². The number of carbonyl (C=O) groups is 1. The van der Waals surface area contributed by atoms with Crippen molar-refractivity contribution in [2.45, 2.75) is 25.8 Å². The van der Waals surface area contributed by atoms with Crippen molar-refractivity contribution in [3.05, 3.63) is 59.0 Å². The monoisotopic (exact) mass is 366 g/mol. The normalized spacial score (nSPS) is 24.6. The van der Waals surface area contributed by atoms with Crippen molar-refractivity contribution in [1.29, 1.82) is 0 Å². The molecule has 0 aliphatic carbocycles. The average molecular weight is 366 g/mol. The van der Waals surface area contributed by atoms with E-state index >= 15 is 0 Å². The molecule has 142 valence electrons. The number of aromatic nitrogens is 1. The first-order valence-electron chi connectivity index (χ1n) is 9.47. The van der Waals surface area contributed by atoms with E-state index in [2.05, 4.69) is 40.2 Å². The van der Waals surface area contributed by atoms with Crippen LogP contribution in [0.3, 0.4) is 0 Å². The van der Waals surface area contributed by atoms with Gasteiger partial charge in [0.05, 0.1) is 32.1 Å². The molecular weight excluding hydrogens is 340 g/mol. The molecule has 1 aromatic carbocycles. The highest BCUT2D eigenvalue weighted by Crippen LogP contribution is 2.44. The molecule has 1 aromatic heterocycles. The predicted molar refractivity (Wildman–Crippen MR) is 105 cm³/mol. The summed E-state index contributed by atoms with van der Waals surface area (Å²) in [5.41, 5.74) is 5.75. The number of nitrogens with zero attached hydrogens (tertiary/aromatic N) is 1. The molecule has 4 rings (SSSR count). The summed E-state index contributed by atoms with van der Waals surface area (Å²) in [7, 11) is 3.00. The summed E-state index contributed by atoms with van der Waals surface area (Å²) in [6.45, 7) is 3.94. The number of fused-ring (bicyclic) bond motifs is 5. The third-order valence-corrected chi connectivity index (χ3v) is 5.97. The summed E-state index contributed by atoms with van der Waals surface area (Å²) in [5, 5.41) is 1.32. The van der Waals surface area contributed by atoms with Crippen LogP contribution in [0.4, 0.5) is 0 Å². The zero-order valence-corrected chi connectivity index (χ0v) is 16.1. The van der Waals surface area contributed by atoms with Gasteiger partial charge in [-0.15, -0.1) is 0 Å². The Morgan fingerprint density at radius 2 is 2.11 bits per heavy atom. The zero-order valence-electron chi connectivity index (χ0n) is 16.1. The van der Waals surface area contributed by atoms with Crippen LogP contribution in [-0.2, 0) is 20.7 Å². The molecular formula is C22H26N2O3. The van der Waals surface area contributed by atoms with Gasteiger partial charge in [-0.3, -0.25) is 4.90 Å². The number of ether oxygens (including phenoxy) is 2. The van der Waals surface area contributed by atoms with Gasteiger partial charge in [-0.2, -0.15) is 0 Å². The number of allylic oxidation sites excluding steroid dienone is 1. The van der Waals surface area contributed by atoms with Gasteiger partial charge in [0, 0.05) is 35.6 Å². The molecule has 0 spiro atoms. The second-order valence-corrected chi connectivity index (χ2v) is 7.25. The molecule has 5 heteroatoms. The van der Waals surface area contributed by atoms with Gasteiger partial charge in [-0.05, 0) is 31.4 Å². The maximum atomic E-state index is 12.4. The highest BCUT2D eigenvalue weighted by molar-refractivity contribution is 5.89. The first-order chi connectivity index (χ1) is 13.2. The van der Waals surface area contributed by atoms with E-state index in [1.165, 1.54) is 34.8 Å². The van der Waals surface area contributed by atoms with Gasteiger partial charge in [-0.25, -0.2) is 4.79 Å². The Kier molecular flexibility index (Phi) is 4.79. The third kappa shape index (κ3) is 2.96. The lowest BCUT2D eigenvalue weighted by Crippen LogP contribution is -2.43. The molecule has 2 aliphatic heterocycles. The molecule has 0 saturated carbocycles. The van der Waals surface area contributed by atoms with Crippen molar-refractivity contribution < 1.29 is 14.3 Å². The Labute approximate surface area is 159 Å². The van der Waals surface area contributed by atoms with Crippen molar-refractivity contribution in [2.24, 2.45) is 5.92 Å². The number of benzene rings is 1. The lowest BCUT2D eigenvalue weighted by atomic mass is 9.78. The van der Waals surface area contributed by atoms with E-state index in [4.69, 9.17) is 9.47 Å². The van der Waals surface area contributed by atoms with Crippen molar-refractivity contribution in [1.82, 2.24) is 9.88 Å². The fraction of sp³-hybridized carbons (Fsp3) is 0.409. The molecule has 0 radical (unpaired) electrons. The van der Waals surface area contributed by atoms with Crippen LogP contribution in [0.25, 0.3) is 10.9 Å². The van der Waals surface area contributed by atoms with Crippen LogP contribution >= 0.6 is 0 Å². The van der Waals surface area contributed by atoms with Crippen molar-refractivity contribution in [3.8, 4) is 0 Å². The smallest absolute Gasteiger partial charge is 0.337 e. The number of aromatic amines is 1. The fourth-order valence-electron chi connectivity index (χ4n) is 4.68. The van der Waals surface area contributed by atoms with E-state index in [0.29, 0.717) is 5.57 Å². The maximum Gasteiger partial charge on any atom is 0.337 e. The maximum absolute atomic E-state index is 12.4. The molecule has 2 aromatic rings. The first-order valence-corrected chi connectivity index (χ1v) is 9.47. The van der Waals surface area contributed by atoms with E-state index in [9.17, 15) is 4.79 Å². The average Bonchev–Trinajstić information content (AvgIpc) is 3.09. The van der Waals surface area contributed by atoms with Crippen LogP contribution in [0, 0.1) is 5.92 Å². The van der Waals surface area contributed by atoms with Gasteiger partial charge in [0.15, 0.2) is 0 Å². The van der Waals surface area contributed by atoms with Gasteiger partial charge >= 0.3 is 5.97 Å². The molecule has 1 N–H and O–H groups in total. The topological polar surface area (TPSA) is 54.6 Å². The van der Waals surface area contributed by atoms with Crippen molar-refractivity contribution >= 4 is 16.9 Å². The minimum Gasteiger partial charge on any atom is -0.504 e. The fourth-order valence-corrected chi connectivity index (χ4v) is 4.68. The molecule has 2 aliphatic rings. The minimum absolute atomic E-state index is 0.000937. The van der Waals surface area contributed by atoms with Crippen LogP contribution in [0.15, 0.2) is 47.7 Å². The lowest BCUT2D eigenvalue weighted by molar-refractivity contribution is -0.137. The summed E-state index contributed by atoms with van der Waals surface area (Å²) < 4.78 is 10.2. The number of piperidine rings is 1. The molecule has 0 amide bonds. The number of H-pyrrole nitrogens is 1. The molecule has 1 fully saturated rings. The number of esters is 1. The van der Waals surface area contributed by atoms with Crippen molar-refractivity contribution in [2.75, 3.05) is 27.3 Å². The Hall–Kier alpha value is -2.53. The van der Waals surface area contributed by atoms with Crippen molar-refractivity contribution in [3.63, 3.8) is 0 Å². The van der Waals surface area contributed by atoms with E-state index in [-0.39, 0.29) is 17.9 Å². The van der Waals surface area contributed by atoms with Crippen LogP contribution in [0.5, 0.6) is 0 Å². The highest BCUT2D eigenvalue weighted by Gasteiger charge is 2.40. The highest BCUT2D eigenvalue weighted by atomic mass is 16.5.